The van der Waals surface area contributed by atoms with Gasteiger partial charge in [0, 0.05) is 25.1 Å². The number of carbonyl (C=O) groups is 1. The van der Waals surface area contributed by atoms with E-state index in [1.807, 2.05) is 0 Å². The summed E-state index contributed by atoms with van der Waals surface area (Å²) < 4.78 is 5.39. The molecule has 0 spiro atoms. The molecule has 17 heavy (non-hydrogen) atoms. The van der Waals surface area contributed by atoms with Crippen molar-refractivity contribution in [3.05, 3.63) is 0 Å². The summed E-state index contributed by atoms with van der Waals surface area (Å²) in [6.07, 6.45) is 6.19. The minimum atomic E-state index is 0.120. The third kappa shape index (κ3) is 6.03. The van der Waals surface area contributed by atoms with Gasteiger partial charge < -0.3 is 15.8 Å². The molecule has 0 saturated heterocycles. The number of hydrogen-bond acceptors (Lipinski definition) is 3. The molecule has 0 aromatic heterocycles. The normalized spacial score (nSPS) is 24.6. The molecular formula is C13H26N2O2. The third-order valence-electron chi connectivity index (χ3n) is 3.27. The lowest BCUT2D eigenvalue weighted by Crippen LogP contribution is -2.38. The van der Waals surface area contributed by atoms with Crippen LogP contribution in [0.15, 0.2) is 0 Å². The lowest BCUT2D eigenvalue weighted by Gasteiger charge is -2.25. The number of carbonyl (C=O) groups excluding carboxylic acids is 1. The van der Waals surface area contributed by atoms with E-state index in [-0.39, 0.29) is 17.9 Å². The van der Waals surface area contributed by atoms with Crippen LogP contribution in [0.25, 0.3) is 0 Å². The lowest BCUT2D eigenvalue weighted by molar-refractivity contribution is -0.126. The Labute approximate surface area is 104 Å². The molecule has 3 N–H and O–H groups in total. The molecule has 1 rings (SSSR count). The highest BCUT2D eigenvalue weighted by molar-refractivity contribution is 5.78. The van der Waals surface area contributed by atoms with E-state index in [0.717, 1.165) is 45.1 Å². The molecule has 0 bridgehead atoms. The Morgan fingerprint density at radius 2 is 2.24 bits per heavy atom. The molecule has 1 aliphatic carbocycles. The molecule has 4 nitrogen and oxygen atoms in total. The predicted molar refractivity (Wildman–Crippen MR) is 68.7 cm³/mol. The summed E-state index contributed by atoms with van der Waals surface area (Å²) in [5.74, 6) is 0.272. The molecule has 2 atom stereocenters. The van der Waals surface area contributed by atoms with Gasteiger partial charge in [-0.15, -0.1) is 0 Å². The van der Waals surface area contributed by atoms with Crippen molar-refractivity contribution in [1.29, 1.82) is 0 Å². The highest BCUT2D eigenvalue weighted by Gasteiger charge is 2.24. The average molecular weight is 242 g/mol. The summed E-state index contributed by atoms with van der Waals surface area (Å²) in [5.41, 5.74) is 5.87. The van der Waals surface area contributed by atoms with Gasteiger partial charge in [0.15, 0.2) is 0 Å². The second-order valence-corrected chi connectivity index (χ2v) is 4.88. The molecule has 1 fully saturated rings. The Balaban J connectivity index is 2.04. The highest BCUT2D eigenvalue weighted by Crippen LogP contribution is 2.22. The zero-order valence-corrected chi connectivity index (χ0v) is 10.9. The summed E-state index contributed by atoms with van der Waals surface area (Å²) in [6.45, 7) is 4.16. The van der Waals surface area contributed by atoms with Crippen LogP contribution in [-0.2, 0) is 9.53 Å². The number of amides is 1. The Morgan fingerprint density at radius 3 is 2.94 bits per heavy atom. The van der Waals surface area contributed by atoms with E-state index in [0.29, 0.717) is 13.2 Å². The van der Waals surface area contributed by atoms with Gasteiger partial charge in [0.25, 0.3) is 0 Å². The second-order valence-electron chi connectivity index (χ2n) is 4.88. The quantitative estimate of drug-likeness (QED) is 0.664. The van der Waals surface area contributed by atoms with Gasteiger partial charge in [0.2, 0.25) is 5.91 Å². The SMILES string of the molecule is CCCCOCCNC(=O)C1CCCC(N)C1. The van der Waals surface area contributed by atoms with Crippen LogP contribution in [0.1, 0.15) is 45.4 Å². The van der Waals surface area contributed by atoms with Crippen molar-refractivity contribution >= 4 is 5.91 Å². The monoisotopic (exact) mass is 242 g/mol. The maximum absolute atomic E-state index is 11.8. The molecular weight excluding hydrogens is 216 g/mol. The fraction of sp³-hybridized carbons (Fsp3) is 0.923. The van der Waals surface area contributed by atoms with Crippen molar-refractivity contribution in [1.82, 2.24) is 5.32 Å². The van der Waals surface area contributed by atoms with Gasteiger partial charge >= 0.3 is 0 Å². The van der Waals surface area contributed by atoms with Crippen molar-refractivity contribution < 1.29 is 9.53 Å². The lowest BCUT2D eigenvalue weighted by atomic mass is 9.85. The van der Waals surface area contributed by atoms with E-state index in [2.05, 4.69) is 12.2 Å². The Hall–Kier alpha value is -0.610. The number of rotatable bonds is 7. The summed E-state index contributed by atoms with van der Waals surface area (Å²) in [4.78, 5) is 11.8. The molecule has 2 unspecified atom stereocenters. The van der Waals surface area contributed by atoms with Gasteiger partial charge in [-0.25, -0.2) is 0 Å². The minimum absolute atomic E-state index is 0.120. The first kappa shape index (κ1) is 14.5. The second kappa shape index (κ2) is 8.48. The van der Waals surface area contributed by atoms with Crippen LogP contribution in [0, 0.1) is 5.92 Å². The number of ether oxygens (including phenoxy) is 1. The fourth-order valence-corrected chi connectivity index (χ4v) is 2.20. The molecule has 1 amide bonds. The van der Waals surface area contributed by atoms with E-state index < -0.39 is 0 Å². The topological polar surface area (TPSA) is 64.3 Å². The molecule has 100 valence electrons. The number of unbranched alkanes of at least 4 members (excludes halogenated alkanes) is 1. The smallest absolute Gasteiger partial charge is 0.223 e. The van der Waals surface area contributed by atoms with Gasteiger partial charge in [-0.2, -0.15) is 0 Å². The van der Waals surface area contributed by atoms with Crippen molar-refractivity contribution in [3.8, 4) is 0 Å². The van der Waals surface area contributed by atoms with Crippen LogP contribution in [0.3, 0.4) is 0 Å². The van der Waals surface area contributed by atoms with E-state index in [1.165, 1.54) is 0 Å². The van der Waals surface area contributed by atoms with E-state index in [4.69, 9.17) is 10.5 Å². The molecule has 1 saturated carbocycles. The first-order valence-electron chi connectivity index (χ1n) is 6.85. The maximum Gasteiger partial charge on any atom is 0.223 e. The van der Waals surface area contributed by atoms with E-state index in [1.54, 1.807) is 0 Å². The maximum atomic E-state index is 11.8. The third-order valence-corrected chi connectivity index (χ3v) is 3.27. The zero-order valence-electron chi connectivity index (χ0n) is 10.9. The summed E-state index contributed by atoms with van der Waals surface area (Å²) in [7, 11) is 0. The number of nitrogens with one attached hydrogen (secondary N) is 1. The first-order valence-corrected chi connectivity index (χ1v) is 6.85. The van der Waals surface area contributed by atoms with Gasteiger partial charge in [0.05, 0.1) is 6.61 Å². The number of nitrogens with two attached hydrogens (primary N) is 1. The van der Waals surface area contributed by atoms with Crippen LogP contribution in [0.2, 0.25) is 0 Å². The van der Waals surface area contributed by atoms with Crippen LogP contribution in [0.4, 0.5) is 0 Å². The van der Waals surface area contributed by atoms with Crippen LogP contribution < -0.4 is 11.1 Å². The summed E-state index contributed by atoms with van der Waals surface area (Å²) in [6, 6.07) is 0.209. The average Bonchev–Trinajstić information content (AvgIpc) is 2.33. The molecule has 0 radical (unpaired) electrons. The summed E-state index contributed by atoms with van der Waals surface area (Å²) >= 11 is 0. The van der Waals surface area contributed by atoms with Crippen molar-refractivity contribution in [2.75, 3.05) is 19.8 Å². The van der Waals surface area contributed by atoms with Crippen LogP contribution in [-0.4, -0.2) is 31.7 Å². The molecule has 0 aromatic carbocycles. The minimum Gasteiger partial charge on any atom is -0.380 e. The molecule has 4 heteroatoms. The van der Waals surface area contributed by atoms with Crippen molar-refractivity contribution in [2.45, 2.75) is 51.5 Å². The molecule has 0 aromatic rings. The van der Waals surface area contributed by atoms with Crippen molar-refractivity contribution in [2.24, 2.45) is 11.7 Å². The first-order chi connectivity index (χ1) is 8.24. The molecule has 1 aliphatic rings. The highest BCUT2D eigenvalue weighted by atomic mass is 16.5. The Morgan fingerprint density at radius 1 is 1.41 bits per heavy atom. The fourth-order valence-electron chi connectivity index (χ4n) is 2.20. The van der Waals surface area contributed by atoms with Gasteiger partial charge in [-0.05, 0) is 25.7 Å². The van der Waals surface area contributed by atoms with Gasteiger partial charge in [0.1, 0.15) is 0 Å². The Bertz CT molecular complexity index is 221. The standard InChI is InChI=1S/C13H26N2O2/c1-2-3-8-17-9-7-15-13(16)11-5-4-6-12(14)10-11/h11-12H,2-10,14H2,1H3,(H,15,16). The van der Waals surface area contributed by atoms with E-state index >= 15 is 0 Å². The Kier molecular flexibility index (Phi) is 7.21. The molecule has 0 aliphatic heterocycles. The molecule has 0 heterocycles. The van der Waals surface area contributed by atoms with Crippen LogP contribution >= 0.6 is 0 Å². The summed E-state index contributed by atoms with van der Waals surface area (Å²) in [5, 5.41) is 2.93. The number of hydrogen-bond donors (Lipinski definition) is 2. The largest absolute Gasteiger partial charge is 0.380 e. The van der Waals surface area contributed by atoms with Gasteiger partial charge in [-0.3, -0.25) is 4.79 Å². The van der Waals surface area contributed by atoms with Gasteiger partial charge in [-0.1, -0.05) is 19.8 Å². The predicted octanol–water partition coefficient (Wildman–Crippen LogP) is 1.44. The van der Waals surface area contributed by atoms with Crippen molar-refractivity contribution in [3.63, 3.8) is 0 Å². The zero-order chi connectivity index (χ0) is 12.5. The van der Waals surface area contributed by atoms with E-state index in [9.17, 15) is 4.79 Å². The van der Waals surface area contributed by atoms with Crippen LogP contribution in [0.5, 0.6) is 0 Å².